The van der Waals surface area contributed by atoms with Gasteiger partial charge in [-0.05, 0) is 13.3 Å². The van der Waals surface area contributed by atoms with Gasteiger partial charge in [-0.25, -0.2) is 4.98 Å². The number of hydrogen-bond donors (Lipinski definition) is 4. The molecule has 0 aromatic carbocycles. The van der Waals surface area contributed by atoms with Crippen molar-refractivity contribution in [2.24, 2.45) is 0 Å². The molecule has 1 unspecified atom stereocenters. The van der Waals surface area contributed by atoms with Gasteiger partial charge in [0.15, 0.2) is 5.13 Å². The molecule has 1 atom stereocenters. The second kappa shape index (κ2) is 6.87. The lowest BCUT2D eigenvalue weighted by molar-refractivity contribution is 0.0950. The molecule has 0 aliphatic carbocycles. The summed E-state index contributed by atoms with van der Waals surface area (Å²) in [5, 5.41) is 16.0. The largest absolute Gasteiger partial charge is 0.393 e. The van der Waals surface area contributed by atoms with E-state index in [-0.39, 0.29) is 11.7 Å². The van der Waals surface area contributed by atoms with Crippen LogP contribution in [0, 0.1) is 0 Å². The fraction of sp³-hybridized carbons (Fsp3) is 0.667. The molecule has 1 aliphatic heterocycles. The number of thiazole rings is 1. The Bertz CT molecular complexity index is 457. The smallest absolute Gasteiger partial charge is 0.265 e. The Balaban J connectivity index is 1.97. The highest BCUT2D eigenvalue weighted by molar-refractivity contribution is 7.18. The molecule has 5 N–H and O–H groups in total. The quantitative estimate of drug-likeness (QED) is 0.592. The maximum absolute atomic E-state index is 12.0. The maximum Gasteiger partial charge on any atom is 0.265 e. The van der Waals surface area contributed by atoms with Gasteiger partial charge in [-0.15, -0.1) is 0 Å². The number of aliphatic hydroxyl groups excluding tert-OH is 1. The van der Waals surface area contributed by atoms with Crippen molar-refractivity contribution in [3.63, 3.8) is 0 Å². The van der Waals surface area contributed by atoms with Crippen LogP contribution in [0.2, 0.25) is 0 Å². The maximum atomic E-state index is 12.0. The molecule has 7 nitrogen and oxygen atoms in total. The zero-order valence-electron chi connectivity index (χ0n) is 11.6. The van der Waals surface area contributed by atoms with E-state index in [4.69, 9.17) is 10.8 Å². The van der Waals surface area contributed by atoms with Gasteiger partial charge in [-0.2, -0.15) is 0 Å². The minimum Gasteiger partial charge on any atom is -0.393 e. The number of anilines is 2. The highest BCUT2D eigenvalue weighted by Crippen LogP contribution is 2.28. The molecule has 1 aliphatic rings. The molecule has 8 heteroatoms. The number of aliphatic hydroxyl groups is 1. The van der Waals surface area contributed by atoms with Gasteiger partial charge in [0.25, 0.3) is 5.91 Å². The molecule has 0 spiro atoms. The molecule has 0 bridgehead atoms. The van der Waals surface area contributed by atoms with Crippen molar-refractivity contribution in [2.45, 2.75) is 19.4 Å². The van der Waals surface area contributed by atoms with Gasteiger partial charge in [-0.3, -0.25) is 4.79 Å². The number of piperazine rings is 1. The first-order chi connectivity index (χ1) is 9.58. The first kappa shape index (κ1) is 15.0. The van der Waals surface area contributed by atoms with Crippen molar-refractivity contribution in [1.29, 1.82) is 0 Å². The molecule has 2 rings (SSSR count). The highest BCUT2D eigenvalue weighted by atomic mass is 32.1. The summed E-state index contributed by atoms with van der Waals surface area (Å²) in [7, 11) is 0. The van der Waals surface area contributed by atoms with E-state index in [9.17, 15) is 4.79 Å². The molecule has 1 fully saturated rings. The van der Waals surface area contributed by atoms with E-state index in [1.165, 1.54) is 11.3 Å². The molecule has 2 heterocycles. The number of aromatic nitrogens is 1. The van der Waals surface area contributed by atoms with Crippen LogP contribution < -0.4 is 21.3 Å². The van der Waals surface area contributed by atoms with Crippen molar-refractivity contribution >= 4 is 28.2 Å². The summed E-state index contributed by atoms with van der Waals surface area (Å²) in [6.07, 6.45) is 0.0975. The third-order valence-corrected chi connectivity index (χ3v) is 4.21. The average molecular weight is 299 g/mol. The van der Waals surface area contributed by atoms with E-state index in [0.717, 1.165) is 31.3 Å². The second-order valence-corrected chi connectivity index (χ2v) is 5.82. The SMILES string of the molecule is CC(O)CCNC(=O)c1sc(N2CCNCC2)nc1N. The minimum atomic E-state index is -0.425. The molecule has 1 amide bonds. The van der Waals surface area contributed by atoms with E-state index >= 15 is 0 Å². The molecule has 1 saturated heterocycles. The second-order valence-electron chi connectivity index (χ2n) is 4.84. The number of nitrogens with one attached hydrogen (secondary N) is 2. The van der Waals surface area contributed by atoms with Crippen LogP contribution in [-0.4, -0.2) is 54.8 Å². The van der Waals surface area contributed by atoms with Crippen LogP contribution in [0.3, 0.4) is 0 Å². The highest BCUT2D eigenvalue weighted by Gasteiger charge is 2.20. The van der Waals surface area contributed by atoms with E-state index < -0.39 is 6.10 Å². The third-order valence-electron chi connectivity index (χ3n) is 3.08. The predicted octanol–water partition coefficient (Wildman–Crippen LogP) is -0.364. The number of carbonyl (C=O) groups is 1. The third kappa shape index (κ3) is 3.81. The Morgan fingerprint density at radius 3 is 2.95 bits per heavy atom. The Labute approximate surface area is 122 Å². The van der Waals surface area contributed by atoms with Crippen molar-refractivity contribution in [3.8, 4) is 0 Å². The number of carbonyl (C=O) groups excluding carboxylic acids is 1. The van der Waals surface area contributed by atoms with Crippen LogP contribution in [0.25, 0.3) is 0 Å². The van der Waals surface area contributed by atoms with Gasteiger partial charge in [-0.1, -0.05) is 11.3 Å². The molecule has 112 valence electrons. The van der Waals surface area contributed by atoms with Gasteiger partial charge in [0, 0.05) is 32.7 Å². The number of rotatable bonds is 5. The number of amides is 1. The van der Waals surface area contributed by atoms with Crippen molar-refractivity contribution in [2.75, 3.05) is 43.4 Å². The number of nitrogens with zero attached hydrogens (tertiary/aromatic N) is 2. The molecule has 0 radical (unpaired) electrons. The fourth-order valence-corrected chi connectivity index (χ4v) is 2.90. The Kier molecular flexibility index (Phi) is 5.16. The van der Waals surface area contributed by atoms with Crippen LogP contribution in [0.1, 0.15) is 23.0 Å². The topological polar surface area (TPSA) is 104 Å². The first-order valence-corrected chi connectivity index (χ1v) is 7.58. The standard InChI is InChI=1S/C12H21N5O2S/c1-8(18)2-3-15-11(19)9-10(13)16-12(20-9)17-6-4-14-5-7-17/h8,14,18H,2-7,13H2,1H3,(H,15,19). The van der Waals surface area contributed by atoms with Crippen LogP contribution in [0.15, 0.2) is 0 Å². The summed E-state index contributed by atoms with van der Waals surface area (Å²) < 4.78 is 0. The Morgan fingerprint density at radius 2 is 2.30 bits per heavy atom. The lowest BCUT2D eigenvalue weighted by atomic mass is 10.3. The molecule has 20 heavy (non-hydrogen) atoms. The first-order valence-electron chi connectivity index (χ1n) is 6.76. The lowest BCUT2D eigenvalue weighted by Crippen LogP contribution is -2.43. The Morgan fingerprint density at radius 1 is 1.60 bits per heavy atom. The van der Waals surface area contributed by atoms with Gasteiger partial charge < -0.3 is 26.4 Å². The normalized spacial score (nSPS) is 17.0. The lowest BCUT2D eigenvalue weighted by Gasteiger charge is -2.26. The summed E-state index contributed by atoms with van der Waals surface area (Å²) in [6, 6.07) is 0. The van der Waals surface area contributed by atoms with Crippen LogP contribution in [0.4, 0.5) is 10.9 Å². The van der Waals surface area contributed by atoms with Crippen LogP contribution in [-0.2, 0) is 0 Å². The fourth-order valence-electron chi connectivity index (χ4n) is 1.95. The van der Waals surface area contributed by atoms with Gasteiger partial charge >= 0.3 is 0 Å². The van der Waals surface area contributed by atoms with Crippen molar-refractivity contribution < 1.29 is 9.90 Å². The summed E-state index contributed by atoms with van der Waals surface area (Å²) >= 11 is 1.32. The summed E-state index contributed by atoms with van der Waals surface area (Å²) in [4.78, 5) is 18.9. The van der Waals surface area contributed by atoms with E-state index in [2.05, 4.69) is 20.5 Å². The summed E-state index contributed by atoms with van der Waals surface area (Å²) in [6.45, 7) is 5.68. The summed E-state index contributed by atoms with van der Waals surface area (Å²) in [5.41, 5.74) is 5.83. The average Bonchev–Trinajstić information content (AvgIpc) is 2.81. The molecule has 1 aromatic rings. The van der Waals surface area contributed by atoms with Crippen LogP contribution >= 0.6 is 11.3 Å². The van der Waals surface area contributed by atoms with Gasteiger partial charge in [0.2, 0.25) is 0 Å². The number of nitrogen functional groups attached to an aromatic ring is 1. The molecule has 1 aromatic heterocycles. The Hall–Kier alpha value is -1.38. The molecular weight excluding hydrogens is 278 g/mol. The van der Waals surface area contributed by atoms with Crippen molar-refractivity contribution in [1.82, 2.24) is 15.6 Å². The zero-order valence-corrected chi connectivity index (χ0v) is 12.4. The molecular formula is C12H21N5O2S. The molecule has 0 saturated carbocycles. The number of hydrogen-bond acceptors (Lipinski definition) is 7. The van der Waals surface area contributed by atoms with Crippen LogP contribution in [0.5, 0.6) is 0 Å². The number of nitrogens with two attached hydrogens (primary N) is 1. The zero-order chi connectivity index (χ0) is 14.5. The van der Waals surface area contributed by atoms with E-state index in [1.807, 2.05) is 0 Å². The monoisotopic (exact) mass is 299 g/mol. The van der Waals surface area contributed by atoms with E-state index in [0.29, 0.717) is 17.8 Å². The minimum absolute atomic E-state index is 0.220. The van der Waals surface area contributed by atoms with Gasteiger partial charge in [0.1, 0.15) is 10.7 Å². The van der Waals surface area contributed by atoms with Gasteiger partial charge in [0.05, 0.1) is 6.10 Å². The van der Waals surface area contributed by atoms with E-state index in [1.54, 1.807) is 6.92 Å². The van der Waals surface area contributed by atoms with Crippen molar-refractivity contribution in [3.05, 3.63) is 4.88 Å². The predicted molar refractivity (Wildman–Crippen MR) is 80.2 cm³/mol. The summed E-state index contributed by atoms with van der Waals surface area (Å²) in [5.74, 6) is 0.0557.